The van der Waals surface area contributed by atoms with E-state index in [4.69, 9.17) is 21.6 Å². The summed E-state index contributed by atoms with van der Waals surface area (Å²) in [7, 11) is 0. The second kappa shape index (κ2) is 7.85. The number of imidazole rings is 1. The number of hydrogen-bond donors (Lipinski definition) is 1. The van der Waals surface area contributed by atoms with Crippen LogP contribution in [-0.4, -0.2) is 29.3 Å². The van der Waals surface area contributed by atoms with Crippen LogP contribution in [0.2, 0.25) is 5.02 Å². The van der Waals surface area contributed by atoms with E-state index in [9.17, 15) is 0 Å². The lowest BCUT2D eigenvalue weighted by Crippen LogP contribution is -2.09. The molecule has 3 heterocycles. The number of aromatic nitrogens is 6. The summed E-state index contributed by atoms with van der Waals surface area (Å²) in [4.78, 5) is 14.2. The number of nitrogens with one attached hydrogen (secondary N) is 1. The highest BCUT2D eigenvalue weighted by Crippen LogP contribution is 2.25. The first-order valence-corrected chi connectivity index (χ1v) is 10.3. The standard InChI is InChI=1S/C23H20ClN7/c1-15-12-16(2)31(29-15)23-27-21(26-19-10-8-18(24)9-11-19)20-22(28-23)30(14-25-20)13-17-6-4-3-5-7-17/h3-12,14H,13H2,1-2H3,(H,26,27,28). The monoisotopic (exact) mass is 429 g/mol. The molecule has 0 aliphatic carbocycles. The van der Waals surface area contributed by atoms with Crippen LogP contribution < -0.4 is 5.32 Å². The maximum Gasteiger partial charge on any atom is 0.254 e. The van der Waals surface area contributed by atoms with Crippen molar-refractivity contribution < 1.29 is 0 Å². The largest absolute Gasteiger partial charge is 0.338 e. The summed E-state index contributed by atoms with van der Waals surface area (Å²) in [6.45, 7) is 4.60. The van der Waals surface area contributed by atoms with Gasteiger partial charge >= 0.3 is 0 Å². The van der Waals surface area contributed by atoms with Crippen LogP contribution in [0.5, 0.6) is 0 Å². The molecule has 1 N–H and O–H groups in total. The summed E-state index contributed by atoms with van der Waals surface area (Å²) in [5, 5.41) is 8.60. The first-order valence-electron chi connectivity index (χ1n) is 9.90. The third-order valence-corrected chi connectivity index (χ3v) is 5.21. The fraction of sp³-hybridized carbons (Fsp3) is 0.130. The molecule has 0 radical (unpaired) electrons. The van der Waals surface area contributed by atoms with Gasteiger partial charge in [-0.2, -0.15) is 15.1 Å². The molecular formula is C23H20ClN7. The van der Waals surface area contributed by atoms with Gasteiger partial charge in [0, 0.05) is 16.4 Å². The van der Waals surface area contributed by atoms with Gasteiger partial charge in [-0.25, -0.2) is 9.67 Å². The smallest absolute Gasteiger partial charge is 0.254 e. The van der Waals surface area contributed by atoms with Gasteiger partial charge in [-0.05, 0) is 49.7 Å². The molecule has 0 saturated carbocycles. The molecule has 2 aromatic carbocycles. The van der Waals surface area contributed by atoms with Crippen LogP contribution in [0.4, 0.5) is 11.5 Å². The minimum absolute atomic E-state index is 0.490. The van der Waals surface area contributed by atoms with E-state index >= 15 is 0 Å². The lowest BCUT2D eigenvalue weighted by Gasteiger charge is -2.11. The van der Waals surface area contributed by atoms with Crippen LogP contribution in [0.1, 0.15) is 17.0 Å². The molecule has 0 unspecified atom stereocenters. The zero-order valence-corrected chi connectivity index (χ0v) is 17.9. The summed E-state index contributed by atoms with van der Waals surface area (Å²) in [6, 6.07) is 19.7. The highest BCUT2D eigenvalue weighted by atomic mass is 35.5. The van der Waals surface area contributed by atoms with Crippen molar-refractivity contribution in [1.29, 1.82) is 0 Å². The lowest BCUT2D eigenvalue weighted by molar-refractivity contribution is 0.766. The molecule has 3 aromatic heterocycles. The minimum atomic E-state index is 0.490. The molecule has 0 bridgehead atoms. The molecule has 5 rings (SSSR count). The van der Waals surface area contributed by atoms with Gasteiger partial charge in [0.15, 0.2) is 17.0 Å². The van der Waals surface area contributed by atoms with Gasteiger partial charge in [-0.1, -0.05) is 41.9 Å². The SMILES string of the molecule is Cc1cc(C)n(-c2nc(Nc3ccc(Cl)cc3)c3ncn(Cc4ccccc4)c3n2)n1. The summed E-state index contributed by atoms with van der Waals surface area (Å²) in [5.74, 6) is 1.10. The van der Waals surface area contributed by atoms with Crippen LogP contribution in [0.3, 0.4) is 0 Å². The second-order valence-corrected chi connectivity index (χ2v) is 7.81. The van der Waals surface area contributed by atoms with Crippen molar-refractivity contribution >= 4 is 34.3 Å². The van der Waals surface area contributed by atoms with Crippen molar-refractivity contribution in [3.63, 3.8) is 0 Å². The van der Waals surface area contributed by atoms with E-state index in [0.29, 0.717) is 28.9 Å². The van der Waals surface area contributed by atoms with Crippen LogP contribution in [0.25, 0.3) is 17.1 Å². The van der Waals surface area contributed by atoms with Gasteiger partial charge in [-0.15, -0.1) is 0 Å². The number of aryl methyl sites for hydroxylation is 2. The summed E-state index contributed by atoms with van der Waals surface area (Å²) >= 11 is 6.03. The van der Waals surface area contributed by atoms with Crippen LogP contribution >= 0.6 is 11.6 Å². The minimum Gasteiger partial charge on any atom is -0.338 e. The number of fused-ring (bicyclic) bond motifs is 1. The molecule has 0 spiro atoms. The van der Waals surface area contributed by atoms with E-state index in [2.05, 4.69) is 27.5 Å². The van der Waals surface area contributed by atoms with Crippen molar-refractivity contribution in [2.75, 3.05) is 5.32 Å². The van der Waals surface area contributed by atoms with E-state index in [1.54, 1.807) is 11.0 Å². The number of nitrogens with zero attached hydrogens (tertiary/aromatic N) is 6. The summed E-state index contributed by atoms with van der Waals surface area (Å²) in [6.07, 6.45) is 1.80. The Labute approximate surface area is 184 Å². The molecular weight excluding hydrogens is 410 g/mol. The summed E-state index contributed by atoms with van der Waals surface area (Å²) in [5.41, 5.74) is 5.32. The Hall–Kier alpha value is -3.71. The molecule has 0 aliphatic heterocycles. The molecule has 8 heteroatoms. The maximum absolute atomic E-state index is 6.03. The van der Waals surface area contributed by atoms with Crippen molar-refractivity contribution in [1.82, 2.24) is 29.3 Å². The zero-order valence-electron chi connectivity index (χ0n) is 17.1. The Morgan fingerprint density at radius 1 is 0.968 bits per heavy atom. The van der Waals surface area contributed by atoms with Crippen molar-refractivity contribution in [3.05, 3.63) is 89.0 Å². The van der Waals surface area contributed by atoms with Gasteiger partial charge in [0.2, 0.25) is 0 Å². The number of rotatable bonds is 5. The first-order chi connectivity index (χ1) is 15.1. The highest BCUT2D eigenvalue weighted by molar-refractivity contribution is 6.30. The molecule has 0 aliphatic rings. The molecule has 0 amide bonds. The van der Waals surface area contributed by atoms with E-state index in [1.165, 1.54) is 5.56 Å². The Morgan fingerprint density at radius 3 is 2.45 bits per heavy atom. The number of benzene rings is 2. The van der Waals surface area contributed by atoms with Crippen LogP contribution in [0, 0.1) is 13.8 Å². The number of anilines is 2. The fourth-order valence-electron chi connectivity index (χ4n) is 3.51. The number of halogens is 1. The van der Waals surface area contributed by atoms with Gasteiger partial charge in [0.25, 0.3) is 5.95 Å². The molecule has 7 nitrogen and oxygen atoms in total. The molecule has 154 valence electrons. The molecule has 0 atom stereocenters. The molecule has 0 saturated heterocycles. The Balaban J connectivity index is 1.65. The fourth-order valence-corrected chi connectivity index (χ4v) is 3.64. The molecule has 5 aromatic rings. The quantitative estimate of drug-likeness (QED) is 0.422. The first kappa shape index (κ1) is 19.3. The van der Waals surface area contributed by atoms with Crippen molar-refractivity contribution in [3.8, 4) is 5.95 Å². The third-order valence-electron chi connectivity index (χ3n) is 4.95. The zero-order chi connectivity index (χ0) is 21.4. The normalized spacial score (nSPS) is 11.2. The predicted molar refractivity (Wildman–Crippen MR) is 122 cm³/mol. The van der Waals surface area contributed by atoms with Gasteiger partial charge < -0.3 is 9.88 Å². The molecule has 31 heavy (non-hydrogen) atoms. The third kappa shape index (κ3) is 3.87. The maximum atomic E-state index is 6.03. The Kier molecular flexibility index (Phi) is 4.88. The molecule has 0 fully saturated rings. The average molecular weight is 430 g/mol. The van der Waals surface area contributed by atoms with Crippen LogP contribution in [-0.2, 0) is 6.54 Å². The van der Waals surface area contributed by atoms with E-state index in [1.807, 2.05) is 66.9 Å². The van der Waals surface area contributed by atoms with E-state index < -0.39 is 0 Å². The Morgan fingerprint density at radius 2 is 1.74 bits per heavy atom. The van der Waals surface area contributed by atoms with Gasteiger partial charge in [0.1, 0.15) is 0 Å². The van der Waals surface area contributed by atoms with E-state index in [0.717, 1.165) is 22.7 Å². The average Bonchev–Trinajstić information content (AvgIpc) is 3.33. The highest BCUT2D eigenvalue weighted by Gasteiger charge is 2.17. The van der Waals surface area contributed by atoms with Crippen LogP contribution in [0.15, 0.2) is 67.0 Å². The van der Waals surface area contributed by atoms with Gasteiger partial charge in [0.05, 0.1) is 18.6 Å². The summed E-state index contributed by atoms with van der Waals surface area (Å²) < 4.78 is 3.77. The topological polar surface area (TPSA) is 73.5 Å². The van der Waals surface area contributed by atoms with Gasteiger partial charge in [-0.3, -0.25) is 0 Å². The lowest BCUT2D eigenvalue weighted by atomic mass is 10.2. The second-order valence-electron chi connectivity index (χ2n) is 7.37. The van der Waals surface area contributed by atoms with E-state index in [-0.39, 0.29) is 0 Å². The van der Waals surface area contributed by atoms with Crippen molar-refractivity contribution in [2.45, 2.75) is 20.4 Å². The Bertz CT molecular complexity index is 1350. The predicted octanol–water partition coefficient (Wildman–Crippen LogP) is 5.07. The van der Waals surface area contributed by atoms with Crippen molar-refractivity contribution in [2.24, 2.45) is 0 Å². The number of hydrogen-bond acceptors (Lipinski definition) is 5.